The fraction of sp³-hybridized carbons (Fsp3) is 0.583. The van der Waals surface area contributed by atoms with Crippen LogP contribution in [0.15, 0.2) is 16.0 Å². The number of rotatable bonds is 1. The number of carbonyl (C=O) groups is 1. The summed E-state index contributed by atoms with van der Waals surface area (Å²) in [6.07, 6.45) is -3.17. The summed E-state index contributed by atoms with van der Waals surface area (Å²) in [6, 6.07) is 0. The number of hydrogen-bond acceptors (Lipinski definition) is 5. The van der Waals surface area contributed by atoms with Gasteiger partial charge in [-0.1, -0.05) is 6.42 Å². The molecule has 1 aliphatic heterocycles. The average molecular weight is 319 g/mol. The van der Waals surface area contributed by atoms with Crippen molar-refractivity contribution in [2.75, 3.05) is 0 Å². The molecule has 0 aromatic carbocycles. The van der Waals surface area contributed by atoms with E-state index in [0.29, 0.717) is 19.3 Å². The normalized spacial score (nSPS) is 29.2. The zero-order valence-electron chi connectivity index (χ0n) is 10.8. The van der Waals surface area contributed by atoms with E-state index in [1.54, 1.807) is 0 Å². The number of hydrazone groups is 1. The topological polar surface area (TPSA) is 65.8 Å². The Kier molecular flexibility index (Phi) is 3.28. The Bertz CT molecular complexity index is 587. The fourth-order valence-corrected chi connectivity index (χ4v) is 3.37. The van der Waals surface area contributed by atoms with Crippen molar-refractivity contribution in [3.63, 3.8) is 0 Å². The number of hydrogen-bond donors (Lipinski definition) is 1. The molecule has 1 aliphatic carbocycles. The van der Waals surface area contributed by atoms with Gasteiger partial charge in [0.25, 0.3) is 11.6 Å². The first-order chi connectivity index (χ1) is 9.85. The van der Waals surface area contributed by atoms with E-state index in [2.05, 4.69) is 10.1 Å². The van der Waals surface area contributed by atoms with Gasteiger partial charge in [-0.15, -0.1) is 11.3 Å². The Morgan fingerprint density at radius 1 is 1.48 bits per heavy atom. The second-order valence-corrected chi connectivity index (χ2v) is 5.82. The number of carbonyl (C=O) groups excluding carboxylic acids is 1. The molecule has 0 unspecified atom stereocenters. The summed E-state index contributed by atoms with van der Waals surface area (Å²) in [5.74, 6) is -2.22. The molecule has 2 aliphatic rings. The lowest BCUT2D eigenvalue weighted by Crippen LogP contribution is -2.61. The van der Waals surface area contributed by atoms with Crippen LogP contribution in [0.1, 0.15) is 36.2 Å². The van der Waals surface area contributed by atoms with Crippen LogP contribution in [0.25, 0.3) is 0 Å². The maximum Gasteiger partial charge on any atom is 0.439 e. The Hall–Kier alpha value is -1.48. The maximum absolute atomic E-state index is 13.4. The van der Waals surface area contributed by atoms with Crippen LogP contribution in [0, 0.1) is 5.92 Å². The predicted molar refractivity (Wildman–Crippen MR) is 68.7 cm³/mol. The first-order valence-corrected chi connectivity index (χ1v) is 7.39. The highest BCUT2D eigenvalue weighted by Crippen LogP contribution is 2.48. The summed E-state index contributed by atoms with van der Waals surface area (Å²) in [5.41, 5.74) is -1.84. The molecule has 114 valence electrons. The summed E-state index contributed by atoms with van der Waals surface area (Å²) < 4.78 is 40.3. The van der Waals surface area contributed by atoms with Crippen molar-refractivity contribution < 1.29 is 23.1 Å². The maximum atomic E-state index is 13.4. The van der Waals surface area contributed by atoms with Gasteiger partial charge in [-0.2, -0.15) is 23.3 Å². The molecule has 1 saturated carbocycles. The number of alkyl halides is 3. The third-order valence-corrected chi connectivity index (χ3v) is 4.46. The summed E-state index contributed by atoms with van der Waals surface area (Å²) >= 11 is 1.09. The predicted octanol–water partition coefficient (Wildman–Crippen LogP) is 2.40. The van der Waals surface area contributed by atoms with E-state index < -0.39 is 23.7 Å². The summed E-state index contributed by atoms with van der Waals surface area (Å²) in [6.45, 7) is 0. The molecule has 9 heteroatoms. The van der Waals surface area contributed by atoms with Gasteiger partial charge in [0.05, 0.1) is 11.4 Å². The first-order valence-electron chi connectivity index (χ1n) is 6.45. The number of fused-ring (bicyclic) bond motifs is 1. The summed E-state index contributed by atoms with van der Waals surface area (Å²) in [4.78, 5) is 15.9. The molecular formula is C12H12F3N3O2S. The minimum Gasteiger partial charge on any atom is -0.362 e. The minimum absolute atomic E-state index is 0.148. The highest BCUT2D eigenvalue weighted by atomic mass is 32.1. The Labute approximate surface area is 122 Å². The second-order valence-electron chi connectivity index (χ2n) is 5.10. The van der Waals surface area contributed by atoms with E-state index in [1.807, 2.05) is 0 Å². The molecule has 5 nitrogen and oxygen atoms in total. The molecule has 2 atom stereocenters. The van der Waals surface area contributed by atoms with Gasteiger partial charge >= 0.3 is 6.18 Å². The van der Waals surface area contributed by atoms with Crippen molar-refractivity contribution in [3.8, 4) is 0 Å². The van der Waals surface area contributed by atoms with E-state index in [4.69, 9.17) is 0 Å². The molecule has 1 aromatic heterocycles. The average Bonchev–Trinajstić information content (AvgIpc) is 3.05. The van der Waals surface area contributed by atoms with E-state index in [-0.39, 0.29) is 22.8 Å². The van der Waals surface area contributed by atoms with Gasteiger partial charge < -0.3 is 5.11 Å². The fourth-order valence-electron chi connectivity index (χ4n) is 2.85. The van der Waals surface area contributed by atoms with Gasteiger partial charge in [-0.05, 0) is 19.3 Å². The highest BCUT2D eigenvalue weighted by molar-refractivity contribution is 7.07. The third-order valence-electron chi connectivity index (χ3n) is 3.88. The van der Waals surface area contributed by atoms with Crippen LogP contribution < -0.4 is 0 Å². The van der Waals surface area contributed by atoms with Crippen molar-refractivity contribution >= 4 is 23.0 Å². The van der Waals surface area contributed by atoms with Crippen LogP contribution in [0.2, 0.25) is 0 Å². The molecule has 3 rings (SSSR count). The molecule has 0 bridgehead atoms. The molecule has 0 saturated heterocycles. The van der Waals surface area contributed by atoms with Gasteiger partial charge in [0.1, 0.15) is 5.69 Å². The van der Waals surface area contributed by atoms with E-state index in [0.717, 1.165) is 11.3 Å². The minimum atomic E-state index is -4.98. The number of aromatic nitrogens is 1. The van der Waals surface area contributed by atoms with Crippen LogP contribution in [-0.2, 0) is 0 Å². The van der Waals surface area contributed by atoms with E-state index in [1.165, 1.54) is 10.9 Å². The molecule has 2 heterocycles. The van der Waals surface area contributed by atoms with Crippen molar-refractivity contribution in [1.29, 1.82) is 0 Å². The van der Waals surface area contributed by atoms with Gasteiger partial charge in [-0.3, -0.25) is 4.79 Å². The molecule has 1 N–H and O–H groups in total. The van der Waals surface area contributed by atoms with Crippen LogP contribution in [0.5, 0.6) is 0 Å². The zero-order valence-corrected chi connectivity index (χ0v) is 11.6. The van der Waals surface area contributed by atoms with Crippen molar-refractivity contribution in [2.24, 2.45) is 11.0 Å². The van der Waals surface area contributed by atoms with Crippen LogP contribution in [0.4, 0.5) is 13.2 Å². The van der Waals surface area contributed by atoms with Crippen LogP contribution >= 0.6 is 11.3 Å². The standard InChI is InChI=1S/C12H12F3N3O2S/c13-12(14,15)11(20)7-3-1-2-4-8(7)17-18(11)10(19)9-5-21-6-16-9/h5-7,20H,1-4H2/t7-,11+/m1/s1. The van der Waals surface area contributed by atoms with E-state index in [9.17, 15) is 23.1 Å². The smallest absolute Gasteiger partial charge is 0.362 e. The molecule has 0 radical (unpaired) electrons. The monoisotopic (exact) mass is 319 g/mol. The van der Waals surface area contributed by atoms with E-state index >= 15 is 0 Å². The van der Waals surface area contributed by atoms with Crippen molar-refractivity contribution in [2.45, 2.75) is 37.6 Å². The second kappa shape index (κ2) is 4.77. The molecule has 1 aromatic rings. The molecule has 1 amide bonds. The highest BCUT2D eigenvalue weighted by Gasteiger charge is 2.68. The number of aliphatic hydroxyl groups is 1. The SMILES string of the molecule is O=C(c1cscn1)N1N=C2CCCC[C@H]2[C@]1(O)C(F)(F)F. The lowest BCUT2D eigenvalue weighted by molar-refractivity contribution is -0.312. The molecular weight excluding hydrogens is 307 g/mol. The summed E-state index contributed by atoms with van der Waals surface area (Å²) in [7, 11) is 0. The summed E-state index contributed by atoms with van der Waals surface area (Å²) in [5, 5.41) is 15.6. The van der Waals surface area contributed by atoms with Crippen LogP contribution in [0.3, 0.4) is 0 Å². The zero-order chi connectivity index (χ0) is 15.3. The molecule has 1 fully saturated rings. The first kappa shape index (κ1) is 14.5. The quantitative estimate of drug-likeness (QED) is 0.864. The number of thiazole rings is 1. The Morgan fingerprint density at radius 2 is 2.24 bits per heavy atom. The van der Waals surface area contributed by atoms with Crippen molar-refractivity contribution in [3.05, 3.63) is 16.6 Å². The van der Waals surface area contributed by atoms with Gasteiger partial charge in [-0.25, -0.2) is 4.98 Å². The number of halogens is 3. The molecule has 0 spiro atoms. The Morgan fingerprint density at radius 3 is 2.86 bits per heavy atom. The van der Waals surface area contributed by atoms with Gasteiger partial charge in [0.2, 0.25) is 0 Å². The number of nitrogens with zero attached hydrogens (tertiary/aromatic N) is 3. The lowest BCUT2D eigenvalue weighted by atomic mass is 9.80. The van der Waals surface area contributed by atoms with Gasteiger partial charge in [0, 0.05) is 11.1 Å². The number of amides is 1. The van der Waals surface area contributed by atoms with Crippen LogP contribution in [-0.4, -0.2) is 38.6 Å². The lowest BCUT2D eigenvalue weighted by Gasteiger charge is -2.37. The Balaban J connectivity index is 2.04. The third kappa shape index (κ3) is 2.06. The van der Waals surface area contributed by atoms with Crippen molar-refractivity contribution in [1.82, 2.24) is 9.99 Å². The van der Waals surface area contributed by atoms with Gasteiger partial charge in [0.15, 0.2) is 0 Å². The largest absolute Gasteiger partial charge is 0.439 e. The molecule has 21 heavy (non-hydrogen) atoms.